The number of methoxy groups -OCH3 is 1. The van der Waals surface area contributed by atoms with E-state index in [1.54, 1.807) is 21.1 Å². The summed E-state index contributed by atoms with van der Waals surface area (Å²) < 4.78 is 11.1. The van der Waals surface area contributed by atoms with E-state index in [-0.39, 0.29) is 30.9 Å². The van der Waals surface area contributed by atoms with Crippen LogP contribution in [0.4, 0.5) is 0 Å². The van der Waals surface area contributed by atoms with Crippen molar-refractivity contribution in [1.29, 1.82) is 0 Å². The standard InChI is InChI=1S/C23H30N2O4/c1-16(2)20-11-6-7-12-21(20)29-15-22(26)25(17(3)23(27)24-4)14-18-9-8-10-19(13-18)28-5/h6-13,16-17H,14-15H2,1-5H3,(H,24,27)/t17-/m1/s1. The van der Waals surface area contributed by atoms with Gasteiger partial charge in [-0.05, 0) is 42.2 Å². The van der Waals surface area contributed by atoms with Gasteiger partial charge >= 0.3 is 0 Å². The fraction of sp³-hybridized carbons (Fsp3) is 0.391. The van der Waals surface area contributed by atoms with Crippen molar-refractivity contribution in [2.75, 3.05) is 20.8 Å². The zero-order chi connectivity index (χ0) is 21.4. The van der Waals surface area contributed by atoms with E-state index in [2.05, 4.69) is 19.2 Å². The molecule has 29 heavy (non-hydrogen) atoms. The van der Waals surface area contributed by atoms with Gasteiger partial charge in [0.2, 0.25) is 5.91 Å². The van der Waals surface area contributed by atoms with Crippen LogP contribution in [0.5, 0.6) is 11.5 Å². The fourth-order valence-corrected chi connectivity index (χ4v) is 3.07. The molecule has 2 aromatic rings. The van der Waals surface area contributed by atoms with Crippen LogP contribution in [0.2, 0.25) is 0 Å². The Labute approximate surface area is 172 Å². The summed E-state index contributed by atoms with van der Waals surface area (Å²) in [4.78, 5) is 26.7. The van der Waals surface area contributed by atoms with Crippen molar-refractivity contribution in [1.82, 2.24) is 10.2 Å². The molecule has 2 rings (SSSR count). The predicted octanol–water partition coefficient (Wildman–Crippen LogP) is 3.36. The van der Waals surface area contributed by atoms with E-state index < -0.39 is 6.04 Å². The lowest BCUT2D eigenvalue weighted by Gasteiger charge is -2.28. The van der Waals surface area contributed by atoms with Crippen LogP contribution >= 0.6 is 0 Å². The van der Waals surface area contributed by atoms with Gasteiger partial charge in [0.15, 0.2) is 6.61 Å². The van der Waals surface area contributed by atoms with E-state index in [1.807, 2.05) is 48.5 Å². The molecular formula is C23H30N2O4. The van der Waals surface area contributed by atoms with Crippen molar-refractivity contribution in [3.63, 3.8) is 0 Å². The second-order valence-electron chi connectivity index (χ2n) is 7.14. The highest BCUT2D eigenvalue weighted by atomic mass is 16.5. The molecule has 0 aromatic heterocycles. The van der Waals surface area contributed by atoms with Crippen LogP contribution in [0.15, 0.2) is 48.5 Å². The molecule has 0 radical (unpaired) electrons. The van der Waals surface area contributed by atoms with Crippen LogP contribution in [-0.2, 0) is 16.1 Å². The maximum atomic E-state index is 13.0. The molecule has 1 N–H and O–H groups in total. The maximum Gasteiger partial charge on any atom is 0.261 e. The summed E-state index contributed by atoms with van der Waals surface area (Å²) in [5.74, 6) is 1.17. The number of benzene rings is 2. The molecule has 2 aromatic carbocycles. The molecule has 0 saturated heterocycles. The number of carbonyl (C=O) groups excluding carboxylic acids is 2. The van der Waals surface area contributed by atoms with Crippen molar-refractivity contribution in [3.05, 3.63) is 59.7 Å². The third kappa shape index (κ3) is 5.98. The largest absolute Gasteiger partial charge is 0.497 e. The second kappa shape index (κ2) is 10.5. The normalized spacial score (nSPS) is 11.7. The average Bonchev–Trinajstić information content (AvgIpc) is 2.74. The molecule has 0 unspecified atom stereocenters. The van der Waals surface area contributed by atoms with Gasteiger partial charge in [0.25, 0.3) is 5.91 Å². The van der Waals surface area contributed by atoms with Crippen LogP contribution in [0.25, 0.3) is 0 Å². The number of amides is 2. The smallest absolute Gasteiger partial charge is 0.261 e. The first-order valence-electron chi connectivity index (χ1n) is 9.73. The molecule has 156 valence electrons. The van der Waals surface area contributed by atoms with Gasteiger partial charge in [0, 0.05) is 13.6 Å². The maximum absolute atomic E-state index is 13.0. The van der Waals surface area contributed by atoms with Crippen LogP contribution in [0, 0.1) is 0 Å². The monoisotopic (exact) mass is 398 g/mol. The van der Waals surface area contributed by atoms with E-state index in [0.717, 1.165) is 11.1 Å². The molecule has 0 bridgehead atoms. The summed E-state index contributed by atoms with van der Waals surface area (Å²) in [7, 11) is 3.15. The number of para-hydroxylation sites is 1. The number of likely N-dealkylation sites (N-methyl/N-ethyl adjacent to an activating group) is 1. The van der Waals surface area contributed by atoms with E-state index in [4.69, 9.17) is 9.47 Å². The highest BCUT2D eigenvalue weighted by molar-refractivity contribution is 5.87. The minimum Gasteiger partial charge on any atom is -0.497 e. The molecular weight excluding hydrogens is 368 g/mol. The molecule has 0 aliphatic heterocycles. The van der Waals surface area contributed by atoms with Crippen LogP contribution in [0.3, 0.4) is 0 Å². The fourth-order valence-electron chi connectivity index (χ4n) is 3.07. The molecule has 0 spiro atoms. The number of hydrogen-bond donors (Lipinski definition) is 1. The molecule has 6 heteroatoms. The Kier molecular flexibility index (Phi) is 8.07. The summed E-state index contributed by atoms with van der Waals surface area (Å²) in [6.45, 7) is 5.99. The molecule has 0 fully saturated rings. The van der Waals surface area contributed by atoms with Gasteiger partial charge in [0.05, 0.1) is 7.11 Å². The topological polar surface area (TPSA) is 67.9 Å². The first kappa shape index (κ1) is 22.3. The lowest BCUT2D eigenvalue weighted by atomic mass is 10.0. The Morgan fingerprint density at radius 2 is 1.79 bits per heavy atom. The number of nitrogens with one attached hydrogen (secondary N) is 1. The van der Waals surface area contributed by atoms with Gasteiger partial charge in [-0.25, -0.2) is 0 Å². The van der Waals surface area contributed by atoms with Crippen molar-refractivity contribution in [3.8, 4) is 11.5 Å². The lowest BCUT2D eigenvalue weighted by Crippen LogP contribution is -2.48. The lowest BCUT2D eigenvalue weighted by molar-refractivity contribution is -0.142. The third-order valence-electron chi connectivity index (χ3n) is 4.79. The SMILES string of the molecule is CNC(=O)[C@@H](C)N(Cc1cccc(OC)c1)C(=O)COc1ccccc1C(C)C. The van der Waals surface area contributed by atoms with Gasteiger partial charge in [-0.15, -0.1) is 0 Å². The third-order valence-corrected chi connectivity index (χ3v) is 4.79. The highest BCUT2D eigenvalue weighted by Crippen LogP contribution is 2.26. The Morgan fingerprint density at radius 1 is 1.07 bits per heavy atom. The van der Waals surface area contributed by atoms with Crippen molar-refractivity contribution in [2.45, 2.75) is 39.3 Å². The molecule has 6 nitrogen and oxygen atoms in total. The number of nitrogens with zero attached hydrogens (tertiary/aromatic N) is 1. The average molecular weight is 399 g/mol. The first-order valence-corrected chi connectivity index (χ1v) is 9.73. The summed E-state index contributed by atoms with van der Waals surface area (Å²) in [6, 6.07) is 14.5. The molecule has 0 aliphatic carbocycles. The molecule has 2 amide bonds. The van der Waals surface area contributed by atoms with Crippen LogP contribution in [-0.4, -0.2) is 43.5 Å². The van der Waals surface area contributed by atoms with Crippen molar-refractivity contribution >= 4 is 11.8 Å². The zero-order valence-corrected chi connectivity index (χ0v) is 17.8. The number of carbonyl (C=O) groups is 2. The Balaban J connectivity index is 2.19. The Morgan fingerprint density at radius 3 is 2.45 bits per heavy atom. The van der Waals surface area contributed by atoms with Crippen LogP contribution in [0.1, 0.15) is 37.8 Å². The van der Waals surface area contributed by atoms with Crippen molar-refractivity contribution < 1.29 is 19.1 Å². The Hall–Kier alpha value is -3.02. The number of rotatable bonds is 9. The molecule has 0 saturated carbocycles. The second-order valence-corrected chi connectivity index (χ2v) is 7.14. The van der Waals surface area contributed by atoms with E-state index in [1.165, 1.54) is 4.90 Å². The first-order chi connectivity index (χ1) is 13.9. The van der Waals surface area contributed by atoms with E-state index in [0.29, 0.717) is 11.5 Å². The minimum atomic E-state index is -0.636. The minimum absolute atomic E-state index is 0.144. The zero-order valence-electron chi connectivity index (χ0n) is 17.8. The van der Waals surface area contributed by atoms with Gasteiger partial charge in [-0.3, -0.25) is 9.59 Å². The molecule has 0 aliphatic rings. The predicted molar refractivity (Wildman–Crippen MR) is 113 cm³/mol. The summed E-state index contributed by atoms with van der Waals surface area (Å²) in [6.07, 6.45) is 0. The van der Waals surface area contributed by atoms with Gasteiger partial charge in [0.1, 0.15) is 17.5 Å². The van der Waals surface area contributed by atoms with Crippen LogP contribution < -0.4 is 14.8 Å². The quantitative estimate of drug-likeness (QED) is 0.703. The molecule has 0 heterocycles. The summed E-state index contributed by atoms with van der Waals surface area (Å²) in [5, 5.41) is 2.61. The highest BCUT2D eigenvalue weighted by Gasteiger charge is 2.26. The summed E-state index contributed by atoms with van der Waals surface area (Å²) >= 11 is 0. The molecule has 1 atom stereocenters. The Bertz CT molecular complexity index is 835. The summed E-state index contributed by atoms with van der Waals surface area (Å²) in [5.41, 5.74) is 1.91. The van der Waals surface area contributed by atoms with E-state index >= 15 is 0 Å². The van der Waals surface area contributed by atoms with Gasteiger partial charge in [-0.1, -0.05) is 44.2 Å². The number of hydrogen-bond acceptors (Lipinski definition) is 4. The number of ether oxygens (including phenoxy) is 2. The van der Waals surface area contributed by atoms with Crippen molar-refractivity contribution in [2.24, 2.45) is 0 Å². The van der Waals surface area contributed by atoms with Gasteiger partial charge in [-0.2, -0.15) is 0 Å². The van der Waals surface area contributed by atoms with Gasteiger partial charge < -0.3 is 19.7 Å². The van der Waals surface area contributed by atoms with E-state index in [9.17, 15) is 9.59 Å².